The third kappa shape index (κ3) is 4.33. The van der Waals surface area contributed by atoms with Crippen molar-refractivity contribution < 1.29 is 0 Å². The zero-order chi connectivity index (χ0) is 12.3. The Morgan fingerprint density at radius 3 is 1.94 bits per heavy atom. The highest BCUT2D eigenvalue weighted by Gasteiger charge is 2.16. The van der Waals surface area contributed by atoms with Crippen LogP contribution < -0.4 is 5.73 Å². The van der Waals surface area contributed by atoms with Gasteiger partial charge in [-0.3, -0.25) is 0 Å². The van der Waals surface area contributed by atoms with Crippen LogP contribution in [0.5, 0.6) is 0 Å². The first-order chi connectivity index (χ1) is 7.36. The van der Waals surface area contributed by atoms with Gasteiger partial charge < -0.3 is 5.73 Å². The predicted octanol–water partition coefficient (Wildman–Crippen LogP) is 4.45. The van der Waals surface area contributed by atoms with Crippen LogP contribution in [0.3, 0.4) is 0 Å². The van der Waals surface area contributed by atoms with E-state index in [-0.39, 0.29) is 23.9 Å². The molecule has 1 unspecified atom stereocenters. The molecular weight excluding hydrogens is 230 g/mol. The summed E-state index contributed by atoms with van der Waals surface area (Å²) in [5.74, 6) is 0.542. The summed E-state index contributed by atoms with van der Waals surface area (Å²) in [6, 6.07) is 8.93. The molecule has 17 heavy (non-hydrogen) atoms. The number of rotatable bonds is 3. The van der Waals surface area contributed by atoms with Crippen LogP contribution in [-0.4, -0.2) is 0 Å². The van der Waals surface area contributed by atoms with E-state index in [1.54, 1.807) is 0 Å². The quantitative estimate of drug-likeness (QED) is 0.848. The van der Waals surface area contributed by atoms with Gasteiger partial charge in [-0.1, -0.05) is 65.3 Å². The monoisotopic (exact) mass is 255 g/mol. The topological polar surface area (TPSA) is 26.0 Å². The largest absolute Gasteiger partial charge is 0.324 e. The summed E-state index contributed by atoms with van der Waals surface area (Å²) in [7, 11) is 0. The number of nitrogens with two attached hydrogens (primary N) is 1. The standard InChI is InChI=1S/C15H25N.ClH/c1-6-11(2)14(16)12-7-9-13(10-8-12)15(3,4)5;/h7-11,14H,6,16H2,1-5H3;1H/t11?,14-;/m1./s1. The molecule has 98 valence electrons. The zero-order valence-corrected chi connectivity index (χ0v) is 12.5. The fraction of sp³-hybridized carbons (Fsp3) is 0.600. The second-order valence-corrected chi connectivity index (χ2v) is 5.78. The number of halogens is 1. The Morgan fingerprint density at radius 1 is 1.12 bits per heavy atom. The fourth-order valence-corrected chi connectivity index (χ4v) is 1.79. The third-order valence-electron chi connectivity index (χ3n) is 3.42. The summed E-state index contributed by atoms with van der Waals surface area (Å²) in [4.78, 5) is 0. The van der Waals surface area contributed by atoms with Gasteiger partial charge in [0.25, 0.3) is 0 Å². The van der Waals surface area contributed by atoms with Crippen molar-refractivity contribution in [3.63, 3.8) is 0 Å². The van der Waals surface area contributed by atoms with E-state index >= 15 is 0 Å². The SMILES string of the molecule is CCC(C)[C@@H](N)c1ccc(C(C)(C)C)cc1.Cl. The lowest BCUT2D eigenvalue weighted by Crippen LogP contribution is -2.19. The number of hydrogen-bond acceptors (Lipinski definition) is 1. The predicted molar refractivity (Wildman–Crippen MR) is 78.8 cm³/mol. The van der Waals surface area contributed by atoms with Crippen molar-refractivity contribution in [1.82, 2.24) is 0 Å². The Labute approximate surface area is 112 Å². The summed E-state index contributed by atoms with van der Waals surface area (Å²) in [6.45, 7) is 11.1. The molecule has 1 aromatic carbocycles. The normalized spacial score (nSPS) is 14.9. The molecule has 0 aliphatic rings. The summed E-state index contributed by atoms with van der Waals surface area (Å²) < 4.78 is 0. The molecule has 1 rings (SSSR count). The van der Waals surface area contributed by atoms with Crippen molar-refractivity contribution in [2.24, 2.45) is 11.7 Å². The van der Waals surface area contributed by atoms with Gasteiger partial charge in [0, 0.05) is 6.04 Å². The molecule has 0 saturated heterocycles. The van der Waals surface area contributed by atoms with Gasteiger partial charge in [-0.2, -0.15) is 0 Å². The highest BCUT2D eigenvalue weighted by molar-refractivity contribution is 5.85. The van der Waals surface area contributed by atoms with Gasteiger partial charge in [0.1, 0.15) is 0 Å². The van der Waals surface area contributed by atoms with Gasteiger partial charge in [0.05, 0.1) is 0 Å². The van der Waals surface area contributed by atoms with E-state index in [9.17, 15) is 0 Å². The average molecular weight is 256 g/mol. The molecule has 1 aromatic rings. The zero-order valence-electron chi connectivity index (χ0n) is 11.7. The molecule has 0 aromatic heterocycles. The second-order valence-electron chi connectivity index (χ2n) is 5.78. The lowest BCUT2D eigenvalue weighted by atomic mass is 9.85. The summed E-state index contributed by atoms with van der Waals surface area (Å²) in [5.41, 5.74) is 9.05. The van der Waals surface area contributed by atoms with Gasteiger partial charge in [-0.25, -0.2) is 0 Å². The van der Waals surface area contributed by atoms with Crippen LogP contribution >= 0.6 is 12.4 Å². The molecular formula is C15H26ClN. The van der Waals surface area contributed by atoms with E-state index in [0.29, 0.717) is 5.92 Å². The minimum atomic E-state index is 0. The average Bonchev–Trinajstić information content (AvgIpc) is 2.26. The molecule has 0 aliphatic carbocycles. The first kappa shape index (κ1) is 16.5. The molecule has 0 aliphatic heterocycles. The maximum absolute atomic E-state index is 6.21. The molecule has 0 spiro atoms. The summed E-state index contributed by atoms with van der Waals surface area (Å²) in [6.07, 6.45) is 1.13. The van der Waals surface area contributed by atoms with E-state index < -0.39 is 0 Å². The minimum Gasteiger partial charge on any atom is -0.324 e. The molecule has 2 heteroatoms. The Balaban J connectivity index is 0.00000256. The molecule has 2 atom stereocenters. The van der Waals surface area contributed by atoms with Crippen LogP contribution in [0.2, 0.25) is 0 Å². The second kappa shape index (κ2) is 6.42. The Hall–Kier alpha value is -0.530. The molecule has 1 nitrogen and oxygen atoms in total. The maximum Gasteiger partial charge on any atom is 0.0320 e. The van der Waals surface area contributed by atoms with Crippen LogP contribution in [-0.2, 0) is 5.41 Å². The van der Waals surface area contributed by atoms with Gasteiger partial charge in [-0.05, 0) is 22.5 Å². The van der Waals surface area contributed by atoms with Crippen LogP contribution in [0.1, 0.15) is 58.2 Å². The van der Waals surface area contributed by atoms with Crippen LogP contribution in [0.15, 0.2) is 24.3 Å². The first-order valence-electron chi connectivity index (χ1n) is 6.22. The lowest BCUT2D eigenvalue weighted by Gasteiger charge is -2.22. The third-order valence-corrected chi connectivity index (χ3v) is 3.42. The van der Waals surface area contributed by atoms with Crippen molar-refractivity contribution in [3.05, 3.63) is 35.4 Å². The van der Waals surface area contributed by atoms with Gasteiger partial charge >= 0.3 is 0 Å². The lowest BCUT2D eigenvalue weighted by molar-refractivity contribution is 0.456. The minimum absolute atomic E-state index is 0. The van der Waals surface area contributed by atoms with Crippen molar-refractivity contribution in [2.45, 2.75) is 52.5 Å². The van der Waals surface area contributed by atoms with Crippen molar-refractivity contribution in [1.29, 1.82) is 0 Å². The molecule has 0 heterocycles. The fourth-order valence-electron chi connectivity index (χ4n) is 1.79. The Bertz CT molecular complexity index is 324. The van der Waals surface area contributed by atoms with Crippen LogP contribution in [0.4, 0.5) is 0 Å². The molecule has 0 radical (unpaired) electrons. The Kier molecular flexibility index (Phi) is 6.22. The Morgan fingerprint density at radius 2 is 1.59 bits per heavy atom. The summed E-state index contributed by atoms with van der Waals surface area (Å²) >= 11 is 0. The molecule has 0 saturated carbocycles. The van der Waals surface area contributed by atoms with E-state index in [0.717, 1.165) is 6.42 Å². The van der Waals surface area contributed by atoms with Crippen molar-refractivity contribution in [3.8, 4) is 0 Å². The summed E-state index contributed by atoms with van der Waals surface area (Å²) in [5, 5.41) is 0. The van der Waals surface area contributed by atoms with Gasteiger partial charge in [0.2, 0.25) is 0 Å². The smallest absolute Gasteiger partial charge is 0.0320 e. The molecule has 2 N–H and O–H groups in total. The van der Waals surface area contributed by atoms with Gasteiger partial charge in [-0.15, -0.1) is 12.4 Å². The molecule has 0 bridgehead atoms. The highest BCUT2D eigenvalue weighted by Crippen LogP contribution is 2.26. The maximum atomic E-state index is 6.21. The van der Waals surface area contributed by atoms with E-state index in [2.05, 4.69) is 58.9 Å². The van der Waals surface area contributed by atoms with Crippen LogP contribution in [0, 0.1) is 5.92 Å². The van der Waals surface area contributed by atoms with Crippen molar-refractivity contribution >= 4 is 12.4 Å². The highest BCUT2D eigenvalue weighted by atomic mass is 35.5. The van der Waals surface area contributed by atoms with E-state index in [4.69, 9.17) is 5.73 Å². The number of hydrogen-bond donors (Lipinski definition) is 1. The van der Waals surface area contributed by atoms with Gasteiger partial charge in [0.15, 0.2) is 0 Å². The first-order valence-corrected chi connectivity index (χ1v) is 6.22. The van der Waals surface area contributed by atoms with E-state index in [1.807, 2.05) is 0 Å². The van der Waals surface area contributed by atoms with E-state index in [1.165, 1.54) is 11.1 Å². The molecule has 0 amide bonds. The van der Waals surface area contributed by atoms with Crippen molar-refractivity contribution in [2.75, 3.05) is 0 Å². The molecule has 0 fully saturated rings. The van der Waals surface area contributed by atoms with Crippen LogP contribution in [0.25, 0.3) is 0 Å². The number of benzene rings is 1.